The van der Waals surface area contributed by atoms with Gasteiger partial charge in [-0.15, -0.1) is 0 Å². The molecule has 1 aromatic heterocycles. The lowest BCUT2D eigenvalue weighted by atomic mass is 9.89. The first-order valence-electron chi connectivity index (χ1n) is 8.69. The van der Waals surface area contributed by atoms with E-state index in [1.807, 2.05) is 42.5 Å². The number of nitrogens with two attached hydrogens (primary N) is 1. The van der Waals surface area contributed by atoms with E-state index in [2.05, 4.69) is 4.98 Å². The Hall–Kier alpha value is -2.28. The summed E-state index contributed by atoms with van der Waals surface area (Å²) in [7, 11) is -3.56. The van der Waals surface area contributed by atoms with Gasteiger partial charge in [-0.05, 0) is 42.3 Å². The van der Waals surface area contributed by atoms with Crippen molar-refractivity contribution in [3.63, 3.8) is 0 Å². The minimum atomic E-state index is -3.56. The van der Waals surface area contributed by atoms with Crippen LogP contribution in [0.1, 0.15) is 11.5 Å². The summed E-state index contributed by atoms with van der Waals surface area (Å²) in [6.07, 6.45) is 1.70. The van der Waals surface area contributed by atoms with Gasteiger partial charge >= 0.3 is 0 Å². The minimum absolute atomic E-state index is 0.120. The second kappa shape index (κ2) is 6.79. The highest BCUT2D eigenvalue weighted by Crippen LogP contribution is 2.35. The van der Waals surface area contributed by atoms with Crippen molar-refractivity contribution in [3.8, 4) is 0 Å². The Morgan fingerprint density at radius 2 is 1.85 bits per heavy atom. The van der Waals surface area contributed by atoms with Gasteiger partial charge in [-0.2, -0.15) is 4.31 Å². The van der Waals surface area contributed by atoms with Crippen molar-refractivity contribution in [2.24, 2.45) is 11.7 Å². The molecule has 0 unspecified atom stereocenters. The van der Waals surface area contributed by atoms with Crippen LogP contribution in [0.5, 0.6) is 0 Å². The summed E-state index contributed by atoms with van der Waals surface area (Å²) in [6.45, 7) is 1.37. The van der Waals surface area contributed by atoms with Crippen LogP contribution in [-0.4, -0.2) is 37.3 Å². The van der Waals surface area contributed by atoms with Gasteiger partial charge in [0.2, 0.25) is 10.0 Å². The Morgan fingerprint density at radius 3 is 2.62 bits per heavy atom. The Balaban J connectivity index is 1.67. The van der Waals surface area contributed by atoms with Crippen LogP contribution >= 0.6 is 0 Å². The summed E-state index contributed by atoms with van der Waals surface area (Å²) in [5.41, 5.74) is 7.88. The topological polar surface area (TPSA) is 76.3 Å². The number of pyridine rings is 1. The second-order valence-electron chi connectivity index (χ2n) is 6.69. The Bertz CT molecular complexity index is 1020. The van der Waals surface area contributed by atoms with Gasteiger partial charge < -0.3 is 5.73 Å². The van der Waals surface area contributed by atoms with Gasteiger partial charge in [0.05, 0.1) is 10.4 Å². The van der Waals surface area contributed by atoms with Gasteiger partial charge in [0.1, 0.15) is 0 Å². The van der Waals surface area contributed by atoms with Crippen LogP contribution in [0.4, 0.5) is 0 Å². The summed E-state index contributed by atoms with van der Waals surface area (Å²) in [5.74, 6) is 0.243. The fraction of sp³-hybridized carbons (Fsp3) is 0.250. The maximum absolute atomic E-state index is 13.2. The smallest absolute Gasteiger partial charge is 0.243 e. The largest absolute Gasteiger partial charge is 0.330 e. The molecule has 1 aliphatic heterocycles. The van der Waals surface area contributed by atoms with Crippen LogP contribution in [0.2, 0.25) is 0 Å². The highest BCUT2D eigenvalue weighted by Gasteiger charge is 2.39. The molecule has 2 N–H and O–H groups in total. The predicted molar refractivity (Wildman–Crippen MR) is 102 cm³/mol. The molecule has 3 aromatic rings. The van der Waals surface area contributed by atoms with Gasteiger partial charge in [0.15, 0.2) is 0 Å². The second-order valence-corrected chi connectivity index (χ2v) is 8.63. The number of benzene rings is 2. The molecule has 5 nitrogen and oxygen atoms in total. The standard InChI is InChI=1S/C20H21N3O2S/c21-12-17-13-23(14-19(17)15-5-2-1-3-6-15)26(24,25)18-8-9-20-16(11-18)7-4-10-22-20/h1-11,17,19H,12-14,21H2/t17-,19+/m1/s1. The zero-order chi connectivity index (χ0) is 18.1. The van der Waals surface area contributed by atoms with E-state index in [9.17, 15) is 8.42 Å². The quantitative estimate of drug-likeness (QED) is 0.769. The first-order chi connectivity index (χ1) is 12.6. The van der Waals surface area contributed by atoms with Gasteiger partial charge in [0, 0.05) is 30.6 Å². The van der Waals surface area contributed by atoms with E-state index in [0.29, 0.717) is 24.5 Å². The van der Waals surface area contributed by atoms with E-state index >= 15 is 0 Å². The van der Waals surface area contributed by atoms with Crippen LogP contribution in [0.25, 0.3) is 10.9 Å². The molecule has 0 radical (unpaired) electrons. The molecule has 0 amide bonds. The van der Waals surface area contributed by atoms with Crippen LogP contribution < -0.4 is 5.73 Å². The van der Waals surface area contributed by atoms with Crippen molar-refractivity contribution >= 4 is 20.9 Å². The van der Waals surface area contributed by atoms with Gasteiger partial charge in [-0.3, -0.25) is 4.98 Å². The van der Waals surface area contributed by atoms with Gasteiger partial charge in [-0.1, -0.05) is 36.4 Å². The first-order valence-corrected chi connectivity index (χ1v) is 10.1. The van der Waals surface area contributed by atoms with Crippen LogP contribution in [0.15, 0.2) is 71.8 Å². The average Bonchev–Trinajstić information content (AvgIpc) is 3.13. The highest BCUT2D eigenvalue weighted by atomic mass is 32.2. The number of nitrogens with zero attached hydrogens (tertiary/aromatic N) is 2. The van der Waals surface area contributed by atoms with Crippen LogP contribution in [0.3, 0.4) is 0 Å². The van der Waals surface area contributed by atoms with E-state index < -0.39 is 10.0 Å². The lowest BCUT2D eigenvalue weighted by Crippen LogP contribution is -2.30. The van der Waals surface area contributed by atoms with E-state index in [4.69, 9.17) is 5.73 Å². The predicted octanol–water partition coefficient (Wildman–Crippen LogP) is 2.60. The first kappa shape index (κ1) is 17.1. The van der Waals surface area contributed by atoms with E-state index in [1.54, 1.807) is 28.7 Å². The van der Waals surface area contributed by atoms with Crippen LogP contribution in [-0.2, 0) is 10.0 Å². The van der Waals surface area contributed by atoms with Crippen LogP contribution in [0, 0.1) is 5.92 Å². The molecule has 2 heterocycles. The van der Waals surface area contributed by atoms with Crippen molar-refractivity contribution in [1.29, 1.82) is 0 Å². The number of aromatic nitrogens is 1. The summed E-state index contributed by atoms with van der Waals surface area (Å²) >= 11 is 0. The molecule has 0 saturated carbocycles. The maximum Gasteiger partial charge on any atom is 0.243 e. The monoisotopic (exact) mass is 367 g/mol. The third-order valence-corrected chi connectivity index (χ3v) is 6.98. The number of hydrogen-bond donors (Lipinski definition) is 1. The highest BCUT2D eigenvalue weighted by molar-refractivity contribution is 7.89. The molecule has 0 bridgehead atoms. The lowest BCUT2D eigenvalue weighted by molar-refractivity contribution is 0.459. The molecule has 0 aliphatic carbocycles. The number of fused-ring (bicyclic) bond motifs is 1. The fourth-order valence-electron chi connectivity index (χ4n) is 3.71. The number of rotatable bonds is 4. The molecular formula is C20H21N3O2S. The molecule has 26 heavy (non-hydrogen) atoms. The summed E-state index contributed by atoms with van der Waals surface area (Å²) in [6, 6.07) is 18.8. The Morgan fingerprint density at radius 1 is 1.04 bits per heavy atom. The molecular weight excluding hydrogens is 346 g/mol. The summed E-state index contributed by atoms with van der Waals surface area (Å²) in [5, 5.41) is 0.822. The van der Waals surface area contributed by atoms with E-state index in [1.165, 1.54) is 0 Å². The molecule has 1 saturated heterocycles. The maximum atomic E-state index is 13.2. The minimum Gasteiger partial charge on any atom is -0.330 e. The zero-order valence-corrected chi connectivity index (χ0v) is 15.1. The van der Waals surface area contributed by atoms with E-state index in [0.717, 1.165) is 16.5 Å². The summed E-state index contributed by atoms with van der Waals surface area (Å²) < 4.78 is 27.9. The van der Waals surface area contributed by atoms with Gasteiger partial charge in [-0.25, -0.2) is 8.42 Å². The Labute approximate surface area is 153 Å². The average molecular weight is 367 g/mol. The van der Waals surface area contributed by atoms with Crippen molar-refractivity contribution in [2.45, 2.75) is 10.8 Å². The van der Waals surface area contributed by atoms with Crippen molar-refractivity contribution in [2.75, 3.05) is 19.6 Å². The normalized spacial score (nSPS) is 21.3. The molecule has 1 fully saturated rings. The SMILES string of the molecule is NC[C@@H]1CN(S(=O)(=O)c2ccc3ncccc3c2)C[C@H]1c1ccccc1. The molecule has 134 valence electrons. The van der Waals surface area contributed by atoms with Crippen molar-refractivity contribution in [3.05, 3.63) is 72.4 Å². The van der Waals surface area contributed by atoms with Crippen molar-refractivity contribution < 1.29 is 8.42 Å². The number of sulfonamides is 1. The molecule has 1 aliphatic rings. The third-order valence-electron chi connectivity index (χ3n) is 5.15. The third kappa shape index (κ3) is 3.00. The molecule has 2 atom stereocenters. The van der Waals surface area contributed by atoms with Gasteiger partial charge in [0.25, 0.3) is 0 Å². The number of hydrogen-bond acceptors (Lipinski definition) is 4. The zero-order valence-electron chi connectivity index (χ0n) is 14.3. The van der Waals surface area contributed by atoms with E-state index in [-0.39, 0.29) is 11.8 Å². The lowest BCUT2D eigenvalue weighted by Gasteiger charge is -2.17. The summed E-state index contributed by atoms with van der Waals surface area (Å²) in [4.78, 5) is 4.56. The molecule has 0 spiro atoms. The van der Waals surface area contributed by atoms with Crippen molar-refractivity contribution in [1.82, 2.24) is 9.29 Å². The fourth-order valence-corrected chi connectivity index (χ4v) is 5.27. The molecule has 6 heteroatoms. The molecule has 4 rings (SSSR count). The molecule has 2 aromatic carbocycles. The Kier molecular flexibility index (Phi) is 4.48.